The van der Waals surface area contributed by atoms with E-state index >= 15 is 0 Å². The molecule has 2 aromatic carbocycles. The fraction of sp³-hybridized carbons (Fsp3) is 0.0769. The molecule has 0 spiro atoms. The lowest BCUT2D eigenvalue weighted by Gasteiger charge is -2.09. The van der Waals surface area contributed by atoms with Crippen LogP contribution in [0.3, 0.4) is 0 Å². The molecule has 1 nitrogen and oxygen atoms in total. The smallest absolute Gasteiger partial charge is 0.136 e. The number of benzene rings is 2. The molecule has 0 saturated carbocycles. The summed E-state index contributed by atoms with van der Waals surface area (Å²) in [7, 11) is 0. The van der Waals surface area contributed by atoms with Gasteiger partial charge in [-0.25, -0.2) is 13.2 Å². The third-order valence-electron chi connectivity index (χ3n) is 2.55. The molecule has 88 valence electrons. The van der Waals surface area contributed by atoms with Gasteiger partial charge in [-0.3, -0.25) is 0 Å². The van der Waals surface area contributed by atoms with Gasteiger partial charge in [0, 0.05) is 11.3 Å². The number of hydrogen-bond acceptors (Lipinski definition) is 1. The molecule has 0 aliphatic carbocycles. The third kappa shape index (κ3) is 1.98. The summed E-state index contributed by atoms with van der Waals surface area (Å²) < 4.78 is 41.0. The molecule has 4 heteroatoms. The molecule has 2 rings (SSSR count). The Morgan fingerprint density at radius 3 is 2.29 bits per heavy atom. The summed E-state index contributed by atoms with van der Waals surface area (Å²) in [6.07, 6.45) is 0. The summed E-state index contributed by atoms with van der Waals surface area (Å²) in [4.78, 5) is 0. The first-order valence-corrected chi connectivity index (χ1v) is 5.00. The van der Waals surface area contributed by atoms with Crippen molar-refractivity contribution < 1.29 is 13.2 Å². The average Bonchev–Trinajstić information content (AvgIpc) is 2.27. The van der Waals surface area contributed by atoms with Crippen LogP contribution in [0.4, 0.5) is 18.9 Å². The highest BCUT2D eigenvalue weighted by atomic mass is 19.1. The highest BCUT2D eigenvalue weighted by Gasteiger charge is 2.16. The minimum atomic E-state index is -0.795. The summed E-state index contributed by atoms with van der Waals surface area (Å²) in [5.41, 5.74) is 5.37. The van der Waals surface area contributed by atoms with Gasteiger partial charge in [0.2, 0.25) is 0 Å². The van der Waals surface area contributed by atoms with Gasteiger partial charge in [0.05, 0.1) is 5.56 Å². The average molecular weight is 237 g/mol. The van der Waals surface area contributed by atoms with Gasteiger partial charge in [-0.05, 0) is 36.8 Å². The van der Waals surface area contributed by atoms with Crippen LogP contribution in [0.25, 0.3) is 11.1 Å². The Hall–Kier alpha value is -1.97. The Morgan fingerprint density at radius 1 is 0.941 bits per heavy atom. The molecule has 0 heterocycles. The van der Waals surface area contributed by atoms with Gasteiger partial charge in [0.15, 0.2) is 0 Å². The van der Waals surface area contributed by atoms with Gasteiger partial charge in [-0.15, -0.1) is 0 Å². The lowest BCUT2D eigenvalue weighted by molar-refractivity contribution is 0.577. The van der Waals surface area contributed by atoms with Crippen LogP contribution < -0.4 is 5.73 Å². The standard InChI is InChI=1S/C13H10F3N/c1-7-2-5-10(14)12(13(7)16)9-4-3-8(17)6-11(9)15/h2-6H,17H2,1H3. The van der Waals surface area contributed by atoms with Crippen molar-refractivity contribution in [3.8, 4) is 11.1 Å². The number of hydrogen-bond donors (Lipinski definition) is 1. The van der Waals surface area contributed by atoms with Crippen molar-refractivity contribution in [1.29, 1.82) is 0 Å². The molecule has 2 aromatic rings. The summed E-state index contributed by atoms with van der Waals surface area (Å²) in [5.74, 6) is -2.29. The van der Waals surface area contributed by atoms with E-state index in [4.69, 9.17) is 5.73 Å². The fourth-order valence-electron chi connectivity index (χ4n) is 1.64. The molecule has 2 N–H and O–H groups in total. The lowest BCUT2D eigenvalue weighted by atomic mass is 10.0. The number of nitrogens with two attached hydrogens (primary N) is 1. The molecule has 0 radical (unpaired) electrons. The van der Waals surface area contributed by atoms with Gasteiger partial charge >= 0.3 is 0 Å². The van der Waals surface area contributed by atoms with Gasteiger partial charge in [-0.2, -0.15) is 0 Å². The number of nitrogen functional groups attached to an aromatic ring is 1. The molecule has 0 saturated heterocycles. The maximum absolute atomic E-state index is 13.8. The Balaban J connectivity index is 2.72. The predicted octanol–water partition coefficient (Wildman–Crippen LogP) is 3.66. The van der Waals surface area contributed by atoms with E-state index in [1.807, 2.05) is 0 Å². The SMILES string of the molecule is Cc1ccc(F)c(-c2ccc(N)cc2F)c1F. The lowest BCUT2D eigenvalue weighted by Crippen LogP contribution is -1.96. The predicted molar refractivity (Wildman–Crippen MR) is 60.9 cm³/mol. The van der Waals surface area contributed by atoms with Gasteiger partial charge in [0.1, 0.15) is 17.5 Å². The van der Waals surface area contributed by atoms with Crippen molar-refractivity contribution in [2.75, 3.05) is 5.73 Å². The van der Waals surface area contributed by atoms with Crippen LogP contribution in [0.1, 0.15) is 5.56 Å². The first kappa shape index (κ1) is 11.5. The summed E-state index contributed by atoms with van der Waals surface area (Å²) in [5, 5.41) is 0. The van der Waals surface area contributed by atoms with Crippen molar-refractivity contribution in [2.45, 2.75) is 6.92 Å². The molecular formula is C13H10F3N. The number of aryl methyl sites for hydroxylation is 1. The maximum Gasteiger partial charge on any atom is 0.136 e. The van der Waals surface area contributed by atoms with E-state index in [9.17, 15) is 13.2 Å². The Morgan fingerprint density at radius 2 is 1.65 bits per heavy atom. The second-order valence-electron chi connectivity index (χ2n) is 3.79. The first-order valence-electron chi connectivity index (χ1n) is 5.00. The molecule has 0 bridgehead atoms. The van der Waals surface area contributed by atoms with Gasteiger partial charge in [-0.1, -0.05) is 6.07 Å². The number of anilines is 1. The molecule has 0 aliphatic heterocycles. The van der Waals surface area contributed by atoms with Crippen molar-refractivity contribution in [3.05, 3.63) is 53.3 Å². The van der Waals surface area contributed by atoms with E-state index in [1.165, 1.54) is 25.1 Å². The normalized spacial score (nSPS) is 10.6. The van der Waals surface area contributed by atoms with E-state index < -0.39 is 17.5 Å². The van der Waals surface area contributed by atoms with Crippen LogP contribution in [-0.2, 0) is 0 Å². The topological polar surface area (TPSA) is 26.0 Å². The Labute approximate surface area is 96.7 Å². The Bertz CT molecular complexity index is 579. The second-order valence-corrected chi connectivity index (χ2v) is 3.79. The van der Waals surface area contributed by atoms with Crippen molar-refractivity contribution in [3.63, 3.8) is 0 Å². The first-order chi connectivity index (χ1) is 8.00. The molecule has 0 aliphatic rings. The minimum Gasteiger partial charge on any atom is -0.399 e. The van der Waals surface area contributed by atoms with Crippen LogP contribution >= 0.6 is 0 Å². The quantitative estimate of drug-likeness (QED) is 0.752. The van der Waals surface area contributed by atoms with Crippen molar-refractivity contribution in [1.82, 2.24) is 0 Å². The monoisotopic (exact) mass is 237 g/mol. The molecule has 0 aromatic heterocycles. The highest BCUT2D eigenvalue weighted by Crippen LogP contribution is 2.30. The third-order valence-corrected chi connectivity index (χ3v) is 2.55. The van der Waals surface area contributed by atoms with Crippen LogP contribution in [0.5, 0.6) is 0 Å². The van der Waals surface area contributed by atoms with Gasteiger partial charge < -0.3 is 5.73 Å². The fourth-order valence-corrected chi connectivity index (χ4v) is 1.64. The van der Waals surface area contributed by atoms with Crippen LogP contribution in [0.15, 0.2) is 30.3 Å². The zero-order valence-corrected chi connectivity index (χ0v) is 9.10. The number of rotatable bonds is 1. The highest BCUT2D eigenvalue weighted by molar-refractivity contribution is 5.68. The molecular weight excluding hydrogens is 227 g/mol. The van der Waals surface area contributed by atoms with Crippen LogP contribution in [-0.4, -0.2) is 0 Å². The molecule has 0 amide bonds. The zero-order valence-electron chi connectivity index (χ0n) is 9.10. The van der Waals surface area contributed by atoms with E-state index in [1.54, 1.807) is 0 Å². The minimum absolute atomic E-state index is 0.127. The van der Waals surface area contributed by atoms with Crippen molar-refractivity contribution in [2.24, 2.45) is 0 Å². The summed E-state index contributed by atoms with van der Waals surface area (Å²) in [6, 6.07) is 6.13. The summed E-state index contributed by atoms with van der Waals surface area (Å²) >= 11 is 0. The summed E-state index contributed by atoms with van der Waals surface area (Å²) in [6.45, 7) is 1.49. The maximum atomic E-state index is 13.8. The largest absolute Gasteiger partial charge is 0.399 e. The van der Waals surface area contributed by atoms with Crippen LogP contribution in [0.2, 0.25) is 0 Å². The molecule has 0 fully saturated rings. The molecule has 17 heavy (non-hydrogen) atoms. The Kier molecular flexibility index (Phi) is 2.79. The van der Waals surface area contributed by atoms with Crippen LogP contribution in [0, 0.1) is 24.4 Å². The van der Waals surface area contributed by atoms with Crippen molar-refractivity contribution >= 4 is 5.69 Å². The van der Waals surface area contributed by atoms with E-state index in [0.29, 0.717) is 0 Å². The van der Waals surface area contributed by atoms with Gasteiger partial charge in [0.25, 0.3) is 0 Å². The zero-order chi connectivity index (χ0) is 12.6. The molecule has 0 unspecified atom stereocenters. The van der Waals surface area contributed by atoms with E-state index in [0.717, 1.165) is 12.1 Å². The number of halogens is 3. The second kappa shape index (κ2) is 4.13. The van der Waals surface area contributed by atoms with E-state index in [-0.39, 0.29) is 22.4 Å². The van der Waals surface area contributed by atoms with E-state index in [2.05, 4.69) is 0 Å². The molecule has 0 atom stereocenters.